The van der Waals surface area contributed by atoms with Gasteiger partial charge in [0, 0.05) is 0 Å². The molecule has 2 rings (SSSR count). The van der Waals surface area contributed by atoms with Gasteiger partial charge in [-0.1, -0.05) is 6.92 Å². The Morgan fingerprint density at radius 3 is 2.22 bits per heavy atom. The molecule has 1 aliphatic carbocycles. The number of hydrogen-bond donors (Lipinski definition) is 0. The molecule has 0 amide bonds. The Kier molecular flexibility index (Phi) is 0.757. The van der Waals surface area contributed by atoms with E-state index in [9.17, 15) is 8.42 Å². The van der Waals surface area contributed by atoms with Gasteiger partial charge in [0.15, 0.2) is 9.84 Å². The van der Waals surface area contributed by atoms with E-state index in [2.05, 4.69) is 0 Å². The van der Waals surface area contributed by atoms with Crippen molar-refractivity contribution in [2.24, 2.45) is 0 Å². The predicted molar refractivity (Wildman–Crippen MR) is 35.0 cm³/mol. The molecule has 0 radical (unpaired) electrons. The van der Waals surface area contributed by atoms with Gasteiger partial charge in [0.2, 0.25) is 0 Å². The summed E-state index contributed by atoms with van der Waals surface area (Å²) in [5.41, 5.74) is 0. The van der Waals surface area contributed by atoms with Crippen LogP contribution in [0.1, 0.15) is 26.2 Å². The smallest absolute Gasteiger partial charge is 0.161 e. The second kappa shape index (κ2) is 1.19. The molecule has 2 fully saturated rings. The van der Waals surface area contributed by atoms with Crippen LogP contribution in [0.5, 0.6) is 0 Å². The molecule has 3 heteroatoms. The van der Waals surface area contributed by atoms with Crippen LogP contribution in [-0.4, -0.2) is 18.4 Å². The van der Waals surface area contributed by atoms with Gasteiger partial charge in [-0.25, -0.2) is 8.42 Å². The molecule has 0 aromatic rings. The summed E-state index contributed by atoms with van der Waals surface area (Å²) < 4.78 is 21.9. The van der Waals surface area contributed by atoms with Crippen molar-refractivity contribution in [3.8, 4) is 0 Å². The summed E-state index contributed by atoms with van der Waals surface area (Å²) >= 11 is 0. The van der Waals surface area contributed by atoms with Gasteiger partial charge in [0.25, 0.3) is 0 Å². The molecule has 1 spiro atoms. The average Bonchev–Trinajstić information content (AvgIpc) is 2.54. The molecule has 0 aromatic heterocycles. The third kappa shape index (κ3) is 0.418. The summed E-state index contributed by atoms with van der Waals surface area (Å²) in [6.45, 7) is 1.95. The summed E-state index contributed by atoms with van der Waals surface area (Å²) in [5, 5.41) is 0.0463. The van der Waals surface area contributed by atoms with Crippen LogP contribution in [0.3, 0.4) is 0 Å². The molecule has 2 nitrogen and oxygen atoms in total. The number of sulfone groups is 1. The van der Waals surface area contributed by atoms with Gasteiger partial charge < -0.3 is 0 Å². The minimum absolute atomic E-state index is 0.0463. The van der Waals surface area contributed by atoms with Gasteiger partial charge >= 0.3 is 0 Å². The van der Waals surface area contributed by atoms with Crippen LogP contribution in [0.15, 0.2) is 0 Å². The van der Waals surface area contributed by atoms with Crippen molar-refractivity contribution in [2.45, 2.75) is 36.2 Å². The highest BCUT2D eigenvalue weighted by atomic mass is 32.2. The maximum Gasteiger partial charge on any atom is 0.161 e. The monoisotopic (exact) mass is 146 g/mol. The molecule has 52 valence electrons. The fourth-order valence-corrected chi connectivity index (χ4v) is 4.55. The standard InChI is InChI=1S/C6H10O2S/c1-2-5-6(3-4-6)9(5,7)8/h5H,2-4H2,1H3. The lowest BCUT2D eigenvalue weighted by molar-refractivity contribution is 0.610. The molecular weight excluding hydrogens is 136 g/mol. The minimum atomic E-state index is -2.57. The van der Waals surface area contributed by atoms with E-state index in [-0.39, 0.29) is 10.00 Å². The molecule has 9 heavy (non-hydrogen) atoms. The van der Waals surface area contributed by atoms with Crippen LogP contribution in [-0.2, 0) is 9.84 Å². The zero-order valence-corrected chi connectivity index (χ0v) is 6.24. The minimum Gasteiger partial charge on any atom is -0.228 e. The van der Waals surface area contributed by atoms with Crippen LogP contribution in [0.25, 0.3) is 0 Å². The molecular formula is C6H10O2S. The van der Waals surface area contributed by atoms with E-state index < -0.39 is 9.84 Å². The summed E-state index contributed by atoms with van der Waals surface area (Å²) in [5.74, 6) is 0. The Bertz CT molecular complexity index is 236. The summed E-state index contributed by atoms with van der Waals surface area (Å²) in [7, 11) is -2.57. The van der Waals surface area contributed by atoms with Crippen LogP contribution < -0.4 is 0 Å². The highest BCUT2D eigenvalue weighted by Gasteiger charge is 2.77. The van der Waals surface area contributed by atoms with Gasteiger partial charge in [-0.3, -0.25) is 0 Å². The van der Waals surface area contributed by atoms with Gasteiger partial charge in [-0.2, -0.15) is 0 Å². The van der Waals surface area contributed by atoms with Crippen LogP contribution in [0.2, 0.25) is 0 Å². The third-order valence-corrected chi connectivity index (χ3v) is 5.69. The Morgan fingerprint density at radius 2 is 2.11 bits per heavy atom. The number of hydrogen-bond acceptors (Lipinski definition) is 2. The summed E-state index contributed by atoms with van der Waals surface area (Å²) in [6, 6.07) is 0. The predicted octanol–water partition coefficient (Wildman–Crippen LogP) is 0.726. The molecule has 1 saturated carbocycles. The van der Waals surface area contributed by atoms with Crippen molar-refractivity contribution in [3.05, 3.63) is 0 Å². The second-order valence-corrected chi connectivity index (χ2v) is 5.48. The van der Waals surface area contributed by atoms with E-state index in [0.29, 0.717) is 0 Å². The van der Waals surface area contributed by atoms with Crippen LogP contribution in [0.4, 0.5) is 0 Å². The Hall–Kier alpha value is -0.0500. The molecule has 1 aliphatic heterocycles. The first-order valence-corrected chi connectivity index (χ1v) is 4.93. The van der Waals surface area contributed by atoms with E-state index in [1.54, 1.807) is 0 Å². The SMILES string of the molecule is CCC1C2(CC2)S1(=O)=O. The normalized spacial score (nSPS) is 40.8. The van der Waals surface area contributed by atoms with Crippen molar-refractivity contribution in [3.63, 3.8) is 0 Å². The van der Waals surface area contributed by atoms with Gasteiger partial charge in [0.05, 0.1) is 10.00 Å². The third-order valence-electron chi connectivity index (χ3n) is 2.58. The maximum atomic E-state index is 11.0. The van der Waals surface area contributed by atoms with E-state index in [0.717, 1.165) is 19.3 Å². The summed E-state index contributed by atoms with van der Waals surface area (Å²) in [6.07, 6.45) is 2.70. The van der Waals surface area contributed by atoms with Crippen LogP contribution in [0, 0.1) is 0 Å². The fourth-order valence-electron chi connectivity index (χ4n) is 1.81. The quantitative estimate of drug-likeness (QED) is 0.511. The zero-order chi connectivity index (χ0) is 6.70. The lowest BCUT2D eigenvalue weighted by Gasteiger charge is -1.75. The van der Waals surface area contributed by atoms with E-state index in [1.165, 1.54) is 0 Å². The van der Waals surface area contributed by atoms with E-state index in [1.807, 2.05) is 6.92 Å². The average molecular weight is 146 g/mol. The van der Waals surface area contributed by atoms with Gasteiger partial charge in [0.1, 0.15) is 0 Å². The van der Waals surface area contributed by atoms with Gasteiger partial charge in [-0.05, 0) is 19.3 Å². The molecule has 1 saturated heterocycles. The maximum absolute atomic E-state index is 11.0. The Labute approximate surface area is 55.2 Å². The Balaban J connectivity index is 2.36. The van der Waals surface area contributed by atoms with E-state index >= 15 is 0 Å². The first-order valence-electron chi connectivity index (χ1n) is 3.38. The van der Waals surface area contributed by atoms with Gasteiger partial charge in [-0.15, -0.1) is 0 Å². The van der Waals surface area contributed by atoms with E-state index in [4.69, 9.17) is 0 Å². The molecule has 1 unspecified atom stereocenters. The molecule has 0 N–H and O–H groups in total. The van der Waals surface area contributed by atoms with Crippen molar-refractivity contribution in [2.75, 3.05) is 0 Å². The topological polar surface area (TPSA) is 34.1 Å². The number of rotatable bonds is 1. The lowest BCUT2D eigenvalue weighted by atomic mass is 10.2. The first-order chi connectivity index (χ1) is 4.15. The molecule has 0 aromatic carbocycles. The van der Waals surface area contributed by atoms with Crippen molar-refractivity contribution < 1.29 is 8.42 Å². The highest BCUT2D eigenvalue weighted by Crippen LogP contribution is 2.64. The lowest BCUT2D eigenvalue weighted by Crippen LogP contribution is -1.87. The van der Waals surface area contributed by atoms with Crippen molar-refractivity contribution in [1.29, 1.82) is 0 Å². The molecule has 1 heterocycles. The first kappa shape index (κ1) is 5.71. The Morgan fingerprint density at radius 1 is 1.56 bits per heavy atom. The van der Waals surface area contributed by atoms with Crippen molar-refractivity contribution >= 4 is 9.84 Å². The second-order valence-electron chi connectivity index (χ2n) is 3.01. The van der Waals surface area contributed by atoms with Crippen molar-refractivity contribution in [1.82, 2.24) is 0 Å². The fraction of sp³-hybridized carbons (Fsp3) is 1.00. The molecule has 0 bridgehead atoms. The molecule has 2 aliphatic rings. The highest BCUT2D eigenvalue weighted by molar-refractivity contribution is 8.01. The largest absolute Gasteiger partial charge is 0.228 e. The zero-order valence-electron chi connectivity index (χ0n) is 5.42. The van der Waals surface area contributed by atoms with Crippen LogP contribution >= 0.6 is 0 Å². The summed E-state index contributed by atoms with van der Waals surface area (Å²) in [4.78, 5) is 0. The molecule has 1 atom stereocenters.